The maximum Gasteiger partial charge on any atom is 0.325 e. The predicted octanol–water partition coefficient (Wildman–Crippen LogP) is 1.45. The summed E-state index contributed by atoms with van der Waals surface area (Å²) >= 11 is 0. The first-order valence-corrected chi connectivity index (χ1v) is 6.78. The Morgan fingerprint density at radius 1 is 1.33 bits per heavy atom. The van der Waals surface area contributed by atoms with Crippen molar-refractivity contribution >= 4 is 17.6 Å². The number of ether oxygens (including phenoxy) is 2. The number of benzene rings is 1. The molecule has 0 heterocycles. The number of carbonyl (C=O) groups is 2. The lowest BCUT2D eigenvalue weighted by Crippen LogP contribution is -2.41. The zero-order valence-corrected chi connectivity index (χ0v) is 12.7. The largest absolute Gasteiger partial charge is 0.493 e. The van der Waals surface area contributed by atoms with Crippen molar-refractivity contribution in [2.45, 2.75) is 26.3 Å². The molecule has 116 valence electrons. The number of anilines is 1. The van der Waals surface area contributed by atoms with Gasteiger partial charge < -0.3 is 20.1 Å². The Labute approximate surface area is 124 Å². The monoisotopic (exact) mass is 294 g/mol. The minimum Gasteiger partial charge on any atom is -0.493 e. The summed E-state index contributed by atoms with van der Waals surface area (Å²) in [5.41, 5.74) is 6.25. The highest BCUT2D eigenvalue weighted by Crippen LogP contribution is 2.14. The van der Waals surface area contributed by atoms with Gasteiger partial charge in [0, 0.05) is 17.8 Å². The van der Waals surface area contributed by atoms with Crippen LogP contribution in [0.5, 0.6) is 5.75 Å². The summed E-state index contributed by atoms with van der Waals surface area (Å²) in [4.78, 5) is 24.9. The van der Waals surface area contributed by atoms with Gasteiger partial charge in [-0.1, -0.05) is 6.07 Å². The molecule has 0 aliphatic carbocycles. The van der Waals surface area contributed by atoms with Crippen molar-refractivity contribution in [2.75, 3.05) is 26.0 Å². The standard InChI is InChI=1S/C15H22N2O4/c1-11(2)17(10-15(19)20-3)14(18)7-8-21-13-6-4-5-12(16)9-13/h4-6,9,11H,7-8,10,16H2,1-3H3. The van der Waals surface area contributed by atoms with Crippen LogP contribution in [0.1, 0.15) is 20.3 Å². The molecule has 21 heavy (non-hydrogen) atoms. The lowest BCUT2D eigenvalue weighted by molar-refractivity contribution is -0.148. The van der Waals surface area contributed by atoms with E-state index in [-0.39, 0.29) is 31.5 Å². The van der Waals surface area contributed by atoms with E-state index >= 15 is 0 Å². The van der Waals surface area contributed by atoms with E-state index in [9.17, 15) is 9.59 Å². The van der Waals surface area contributed by atoms with Crippen molar-refractivity contribution in [1.29, 1.82) is 0 Å². The van der Waals surface area contributed by atoms with Crippen LogP contribution in [0.25, 0.3) is 0 Å². The molecule has 0 spiro atoms. The van der Waals surface area contributed by atoms with E-state index in [0.29, 0.717) is 11.4 Å². The fourth-order valence-electron chi connectivity index (χ4n) is 1.77. The first-order valence-electron chi connectivity index (χ1n) is 6.78. The van der Waals surface area contributed by atoms with Gasteiger partial charge in [0.05, 0.1) is 20.1 Å². The molecule has 1 aromatic carbocycles. The Balaban J connectivity index is 2.48. The Morgan fingerprint density at radius 3 is 2.62 bits per heavy atom. The minimum absolute atomic E-state index is 0.0503. The molecule has 1 amide bonds. The van der Waals surface area contributed by atoms with Gasteiger partial charge in [0.15, 0.2) is 0 Å². The van der Waals surface area contributed by atoms with Crippen LogP contribution in [0.2, 0.25) is 0 Å². The van der Waals surface area contributed by atoms with Gasteiger partial charge in [-0.3, -0.25) is 9.59 Å². The molecule has 0 bridgehead atoms. The molecule has 2 N–H and O–H groups in total. The van der Waals surface area contributed by atoms with Crippen LogP contribution in [-0.2, 0) is 14.3 Å². The molecule has 0 aliphatic rings. The van der Waals surface area contributed by atoms with Crippen LogP contribution in [0, 0.1) is 0 Å². The molecular weight excluding hydrogens is 272 g/mol. The van der Waals surface area contributed by atoms with E-state index in [1.165, 1.54) is 12.0 Å². The molecule has 0 saturated carbocycles. The maximum absolute atomic E-state index is 12.1. The molecule has 0 atom stereocenters. The third-order valence-electron chi connectivity index (χ3n) is 2.91. The third-order valence-corrected chi connectivity index (χ3v) is 2.91. The molecule has 6 heteroatoms. The number of methoxy groups -OCH3 is 1. The van der Waals surface area contributed by atoms with Gasteiger partial charge in [-0.15, -0.1) is 0 Å². The van der Waals surface area contributed by atoms with Crippen molar-refractivity contribution in [3.63, 3.8) is 0 Å². The first-order chi connectivity index (χ1) is 9.93. The number of esters is 1. The molecule has 0 unspecified atom stereocenters. The summed E-state index contributed by atoms with van der Waals surface area (Å²) in [6, 6.07) is 6.93. The van der Waals surface area contributed by atoms with Crippen LogP contribution < -0.4 is 10.5 Å². The van der Waals surface area contributed by atoms with Crippen molar-refractivity contribution in [3.8, 4) is 5.75 Å². The molecule has 0 aromatic heterocycles. The Kier molecular flexibility index (Phi) is 6.52. The summed E-state index contributed by atoms with van der Waals surface area (Å²) in [6.07, 6.45) is 0.184. The SMILES string of the molecule is COC(=O)CN(C(=O)CCOc1cccc(N)c1)C(C)C. The Hall–Kier alpha value is -2.24. The summed E-state index contributed by atoms with van der Waals surface area (Å²) in [7, 11) is 1.30. The second-order valence-corrected chi connectivity index (χ2v) is 4.86. The average Bonchev–Trinajstić information content (AvgIpc) is 2.44. The lowest BCUT2D eigenvalue weighted by Gasteiger charge is -2.25. The number of amides is 1. The molecule has 0 fully saturated rings. The third kappa shape index (κ3) is 5.72. The molecular formula is C15H22N2O4. The van der Waals surface area contributed by atoms with Gasteiger partial charge in [0.2, 0.25) is 5.91 Å². The summed E-state index contributed by atoms with van der Waals surface area (Å²) in [5.74, 6) is 0.0277. The van der Waals surface area contributed by atoms with Gasteiger partial charge in [0.1, 0.15) is 12.3 Å². The van der Waals surface area contributed by atoms with E-state index in [1.54, 1.807) is 24.3 Å². The quantitative estimate of drug-likeness (QED) is 0.608. The van der Waals surface area contributed by atoms with Gasteiger partial charge in [-0.05, 0) is 26.0 Å². The van der Waals surface area contributed by atoms with E-state index in [2.05, 4.69) is 4.74 Å². The highest BCUT2D eigenvalue weighted by Gasteiger charge is 2.20. The average molecular weight is 294 g/mol. The summed E-state index contributed by atoms with van der Waals surface area (Å²) in [6.45, 7) is 3.87. The number of rotatable bonds is 7. The number of hydrogen-bond donors (Lipinski definition) is 1. The fraction of sp³-hybridized carbons (Fsp3) is 0.467. The number of nitrogen functional groups attached to an aromatic ring is 1. The normalized spacial score (nSPS) is 10.3. The molecule has 0 radical (unpaired) electrons. The molecule has 0 aliphatic heterocycles. The Morgan fingerprint density at radius 2 is 2.05 bits per heavy atom. The van der Waals surface area contributed by atoms with Gasteiger partial charge in [-0.25, -0.2) is 0 Å². The topological polar surface area (TPSA) is 81.9 Å². The summed E-state index contributed by atoms with van der Waals surface area (Å²) in [5, 5.41) is 0. The van der Waals surface area contributed by atoms with Gasteiger partial charge in [0.25, 0.3) is 0 Å². The maximum atomic E-state index is 12.1. The molecule has 1 aromatic rings. The second-order valence-electron chi connectivity index (χ2n) is 4.86. The van der Waals surface area contributed by atoms with Crippen LogP contribution in [0.15, 0.2) is 24.3 Å². The van der Waals surface area contributed by atoms with Crippen LogP contribution in [0.3, 0.4) is 0 Å². The van der Waals surface area contributed by atoms with Crippen molar-refractivity contribution < 1.29 is 19.1 Å². The molecule has 6 nitrogen and oxygen atoms in total. The fourth-order valence-corrected chi connectivity index (χ4v) is 1.77. The van der Waals surface area contributed by atoms with Crippen molar-refractivity contribution in [3.05, 3.63) is 24.3 Å². The van der Waals surface area contributed by atoms with E-state index in [0.717, 1.165) is 0 Å². The zero-order valence-electron chi connectivity index (χ0n) is 12.7. The van der Waals surface area contributed by atoms with Crippen molar-refractivity contribution in [1.82, 2.24) is 4.90 Å². The van der Waals surface area contributed by atoms with Crippen LogP contribution >= 0.6 is 0 Å². The van der Waals surface area contributed by atoms with E-state index in [1.807, 2.05) is 13.8 Å². The molecule has 0 saturated heterocycles. The van der Waals surface area contributed by atoms with Crippen LogP contribution in [-0.4, -0.2) is 43.1 Å². The van der Waals surface area contributed by atoms with Gasteiger partial charge in [-0.2, -0.15) is 0 Å². The second kappa shape index (κ2) is 8.14. The highest BCUT2D eigenvalue weighted by atomic mass is 16.5. The zero-order chi connectivity index (χ0) is 15.8. The predicted molar refractivity (Wildman–Crippen MR) is 79.8 cm³/mol. The molecule has 1 rings (SSSR count). The number of carbonyl (C=O) groups excluding carboxylic acids is 2. The van der Waals surface area contributed by atoms with Crippen molar-refractivity contribution in [2.24, 2.45) is 0 Å². The van der Waals surface area contributed by atoms with Crippen LogP contribution in [0.4, 0.5) is 5.69 Å². The Bertz CT molecular complexity index is 488. The lowest BCUT2D eigenvalue weighted by atomic mass is 10.2. The van der Waals surface area contributed by atoms with E-state index in [4.69, 9.17) is 10.5 Å². The smallest absolute Gasteiger partial charge is 0.325 e. The number of nitrogens with zero attached hydrogens (tertiary/aromatic N) is 1. The number of hydrogen-bond acceptors (Lipinski definition) is 5. The number of nitrogens with two attached hydrogens (primary N) is 1. The highest BCUT2D eigenvalue weighted by molar-refractivity contribution is 5.82. The van der Waals surface area contributed by atoms with E-state index < -0.39 is 5.97 Å². The summed E-state index contributed by atoms with van der Waals surface area (Å²) < 4.78 is 10.1. The van der Waals surface area contributed by atoms with Gasteiger partial charge >= 0.3 is 5.97 Å². The first kappa shape index (κ1) is 16.8. The minimum atomic E-state index is -0.436.